The van der Waals surface area contributed by atoms with Crippen molar-refractivity contribution >= 4 is 24.3 Å². The highest BCUT2D eigenvalue weighted by Crippen LogP contribution is 2.65. The summed E-state index contributed by atoms with van der Waals surface area (Å²) >= 11 is 0.608. The van der Waals surface area contributed by atoms with E-state index in [1.165, 1.54) is 12.3 Å². The molecule has 0 radical (unpaired) electrons. The first-order chi connectivity index (χ1) is 11.3. The molecule has 2 fully saturated rings. The van der Waals surface area contributed by atoms with Gasteiger partial charge < -0.3 is 19.8 Å². The normalized spacial score (nSPS) is 36.0. The van der Waals surface area contributed by atoms with E-state index in [1.54, 1.807) is 13.8 Å². The Morgan fingerprint density at radius 1 is 1.58 bits per heavy atom. The van der Waals surface area contributed by atoms with Gasteiger partial charge >= 0.3 is 12.5 Å². The summed E-state index contributed by atoms with van der Waals surface area (Å²) in [6, 6.07) is 1.41. The number of nitrogens with two attached hydrogens (primary N) is 1. The van der Waals surface area contributed by atoms with E-state index in [4.69, 9.17) is 23.7 Å². The van der Waals surface area contributed by atoms with E-state index in [0.717, 1.165) is 4.57 Å². The van der Waals surface area contributed by atoms with Gasteiger partial charge in [-0.2, -0.15) is 4.98 Å². The highest BCUT2D eigenvalue weighted by atomic mass is 32.7. The zero-order valence-corrected chi connectivity index (χ0v) is 14.7. The molecule has 134 valence electrons. The molecule has 12 heteroatoms. The van der Waals surface area contributed by atoms with Crippen molar-refractivity contribution in [2.45, 2.75) is 44.5 Å². The number of anilines is 1. The number of aromatic nitrogens is 2. The third kappa shape index (κ3) is 3.52. The molecule has 2 unspecified atom stereocenters. The van der Waals surface area contributed by atoms with Crippen LogP contribution in [0.3, 0.4) is 0 Å². The molecular weight excluding hydrogens is 361 g/mol. The Bertz CT molecular complexity index is 714. The summed E-state index contributed by atoms with van der Waals surface area (Å²) in [5.41, 5.74) is 4.78. The summed E-state index contributed by atoms with van der Waals surface area (Å²) in [5, 5.41) is 10.4. The molecule has 10 nitrogen and oxygen atoms in total. The number of hydrogen-bond acceptors (Lipinski definition) is 10. The number of ether oxygens (including phenoxy) is 1. The van der Waals surface area contributed by atoms with E-state index in [1.807, 2.05) is 0 Å². The lowest BCUT2D eigenvalue weighted by Gasteiger charge is -2.30. The lowest BCUT2D eigenvalue weighted by atomic mass is 10.1. The van der Waals surface area contributed by atoms with Crippen LogP contribution >= 0.6 is 18.5 Å². The molecule has 0 amide bonds. The molecule has 2 aliphatic heterocycles. The number of fused-ring (bicyclic) bond motifs is 1. The summed E-state index contributed by atoms with van der Waals surface area (Å²) in [6.07, 6.45) is -2.66. The number of nitrogen functional groups attached to an aromatic ring is 1. The molecule has 0 aromatic carbocycles. The number of nitrogens with zero attached hydrogens (tertiary/aromatic N) is 2. The van der Waals surface area contributed by atoms with Crippen molar-refractivity contribution in [3.8, 4) is 0 Å². The Morgan fingerprint density at radius 3 is 3.00 bits per heavy atom. The number of rotatable bonds is 4. The van der Waals surface area contributed by atoms with Crippen LogP contribution in [-0.4, -0.2) is 45.7 Å². The van der Waals surface area contributed by atoms with Crippen LogP contribution in [0.15, 0.2) is 17.1 Å². The minimum atomic E-state index is -3.58. The summed E-state index contributed by atoms with van der Waals surface area (Å²) < 4.78 is 35.1. The Labute approximate surface area is 141 Å². The molecule has 0 aliphatic carbocycles. The lowest BCUT2D eigenvalue weighted by molar-refractivity contribution is -0.0593. The summed E-state index contributed by atoms with van der Waals surface area (Å²) in [7, 11) is 0. The van der Waals surface area contributed by atoms with E-state index in [9.17, 15) is 14.5 Å². The third-order valence-electron chi connectivity index (χ3n) is 3.41. The second kappa shape index (κ2) is 6.75. The van der Waals surface area contributed by atoms with E-state index in [-0.39, 0.29) is 18.5 Å². The Hall–Kier alpha value is -0.940. The second-order valence-electron chi connectivity index (χ2n) is 5.63. The maximum absolute atomic E-state index is 12.5. The SMILES string of the molecule is CC(C)OSP1(=O)OCC2O[C@@H](n3ccc(N)nc3=O)[C@@H](O)[C@@H]2O1. The Morgan fingerprint density at radius 2 is 2.33 bits per heavy atom. The summed E-state index contributed by atoms with van der Waals surface area (Å²) in [4.78, 5) is 15.5. The zero-order chi connectivity index (χ0) is 17.5. The van der Waals surface area contributed by atoms with E-state index >= 15 is 0 Å². The monoisotopic (exact) mass is 379 g/mol. The van der Waals surface area contributed by atoms with Gasteiger partial charge in [-0.25, -0.2) is 9.36 Å². The number of hydrogen-bond donors (Lipinski definition) is 2. The number of aliphatic hydroxyl groups is 1. The standard InChI is InChI=1S/C12H18N3O7PS/c1-6(2)22-24-23(18)19-5-7-10(21-23)9(16)11(20-7)15-4-3-8(13)14-12(15)17/h3-4,6-7,9-11,16H,5H2,1-2H3,(H2,13,14,17)/t7?,9-,10+,11+,23?/m0/s1. The average Bonchev–Trinajstić information content (AvgIpc) is 2.82. The van der Waals surface area contributed by atoms with Crippen molar-refractivity contribution in [2.75, 3.05) is 12.3 Å². The van der Waals surface area contributed by atoms with Crippen LogP contribution in [0.1, 0.15) is 20.1 Å². The van der Waals surface area contributed by atoms with Crippen LogP contribution in [0.2, 0.25) is 0 Å². The first-order valence-electron chi connectivity index (χ1n) is 7.25. The minimum Gasteiger partial charge on any atom is -0.386 e. The van der Waals surface area contributed by atoms with Gasteiger partial charge in [-0.3, -0.25) is 13.6 Å². The second-order valence-corrected chi connectivity index (χ2v) is 9.12. The maximum atomic E-state index is 12.5. The van der Waals surface area contributed by atoms with E-state index in [0.29, 0.717) is 11.7 Å². The summed E-state index contributed by atoms with van der Waals surface area (Å²) in [6.45, 7) is -0.0879. The number of aliphatic hydroxyl groups excluding tert-OH is 1. The van der Waals surface area contributed by atoms with E-state index in [2.05, 4.69) is 4.98 Å². The van der Waals surface area contributed by atoms with Gasteiger partial charge in [0.2, 0.25) is 0 Å². The van der Waals surface area contributed by atoms with Gasteiger partial charge in [-0.05, 0) is 19.9 Å². The van der Waals surface area contributed by atoms with Gasteiger partial charge in [0.25, 0.3) is 0 Å². The quantitative estimate of drug-likeness (QED) is 0.568. The highest BCUT2D eigenvalue weighted by molar-refractivity contribution is 8.52. The molecule has 3 N–H and O–H groups in total. The molecule has 3 heterocycles. The molecule has 24 heavy (non-hydrogen) atoms. The van der Waals surface area contributed by atoms with Gasteiger partial charge in [0.1, 0.15) is 35.8 Å². The predicted octanol–water partition coefficient (Wildman–Crippen LogP) is 0.680. The van der Waals surface area contributed by atoms with Gasteiger partial charge in [0.05, 0.1) is 12.7 Å². The molecule has 0 spiro atoms. The topological polar surface area (TPSA) is 135 Å². The fourth-order valence-corrected chi connectivity index (χ4v) is 5.21. The minimum absolute atomic E-state index is 0.0545. The third-order valence-corrected chi connectivity index (χ3v) is 6.41. The highest BCUT2D eigenvalue weighted by Gasteiger charge is 2.53. The molecule has 1 aromatic heterocycles. The molecule has 0 bridgehead atoms. The van der Waals surface area contributed by atoms with Crippen LogP contribution in [0.25, 0.3) is 0 Å². The van der Waals surface area contributed by atoms with Gasteiger partial charge in [-0.15, -0.1) is 0 Å². The van der Waals surface area contributed by atoms with E-state index < -0.39 is 37.0 Å². The first kappa shape index (κ1) is 17.9. The molecule has 2 saturated heterocycles. The van der Waals surface area contributed by atoms with Crippen molar-refractivity contribution < 1.29 is 27.6 Å². The molecule has 5 atom stereocenters. The molecule has 3 rings (SSSR count). The fourth-order valence-electron chi connectivity index (χ4n) is 2.36. The summed E-state index contributed by atoms with van der Waals surface area (Å²) in [5.74, 6) is 0.0625. The molecule has 2 aliphatic rings. The maximum Gasteiger partial charge on any atom is 0.416 e. The average molecular weight is 379 g/mol. The van der Waals surface area contributed by atoms with Crippen LogP contribution in [0.5, 0.6) is 0 Å². The van der Waals surface area contributed by atoms with Crippen molar-refractivity contribution in [2.24, 2.45) is 0 Å². The van der Waals surface area contributed by atoms with Gasteiger partial charge in [0.15, 0.2) is 6.23 Å². The molecule has 0 saturated carbocycles. The van der Waals surface area contributed by atoms with Crippen molar-refractivity contribution in [1.82, 2.24) is 9.55 Å². The molecular formula is C12H18N3O7PS. The van der Waals surface area contributed by atoms with Crippen LogP contribution < -0.4 is 11.4 Å². The van der Waals surface area contributed by atoms with Crippen LogP contribution in [0.4, 0.5) is 5.82 Å². The van der Waals surface area contributed by atoms with Crippen molar-refractivity contribution in [1.29, 1.82) is 0 Å². The van der Waals surface area contributed by atoms with Gasteiger partial charge in [-0.1, -0.05) is 0 Å². The van der Waals surface area contributed by atoms with Crippen molar-refractivity contribution in [3.05, 3.63) is 22.7 Å². The van der Waals surface area contributed by atoms with Crippen LogP contribution in [-0.2, 0) is 22.5 Å². The lowest BCUT2D eigenvalue weighted by Crippen LogP contribution is -2.39. The largest absolute Gasteiger partial charge is 0.416 e. The fraction of sp³-hybridized carbons (Fsp3) is 0.667. The van der Waals surface area contributed by atoms with Crippen LogP contribution in [0, 0.1) is 0 Å². The first-order valence-corrected chi connectivity index (χ1v) is 10.1. The zero-order valence-electron chi connectivity index (χ0n) is 13.0. The smallest absolute Gasteiger partial charge is 0.386 e. The predicted molar refractivity (Wildman–Crippen MR) is 85.1 cm³/mol. The Balaban J connectivity index is 1.77. The van der Waals surface area contributed by atoms with Crippen molar-refractivity contribution in [3.63, 3.8) is 0 Å². The Kier molecular flexibility index (Phi) is 5.03. The van der Waals surface area contributed by atoms with Gasteiger partial charge in [0, 0.05) is 6.20 Å². The molecule has 1 aromatic rings.